The van der Waals surface area contributed by atoms with Crippen molar-refractivity contribution in [3.05, 3.63) is 23.8 Å². The van der Waals surface area contributed by atoms with Gasteiger partial charge in [0.1, 0.15) is 11.5 Å². The molecule has 14 heavy (non-hydrogen) atoms. The Balaban J connectivity index is 0.000000293. The summed E-state index contributed by atoms with van der Waals surface area (Å²) in [4.78, 5) is 11.5. The molecule has 0 unspecified atom stereocenters. The first-order chi connectivity index (χ1) is 6.67. The Kier molecular flexibility index (Phi) is 3.63. The van der Waals surface area contributed by atoms with Gasteiger partial charge in [-0.2, -0.15) is 0 Å². The van der Waals surface area contributed by atoms with E-state index in [1.54, 1.807) is 0 Å². The molecule has 2 aromatic heterocycles. The Bertz CT molecular complexity index is 404. The summed E-state index contributed by atoms with van der Waals surface area (Å²) in [6, 6.07) is 2.04. The van der Waals surface area contributed by atoms with Crippen LogP contribution < -0.4 is 0 Å². The molecule has 0 fully saturated rings. The quantitative estimate of drug-likeness (QED) is 0.695. The van der Waals surface area contributed by atoms with Crippen molar-refractivity contribution in [2.24, 2.45) is 0 Å². The number of fused-ring (bicyclic) bond motifs is 1. The molecule has 0 saturated heterocycles. The maximum absolute atomic E-state index is 4.23. The third-order valence-corrected chi connectivity index (χ3v) is 1.63. The van der Waals surface area contributed by atoms with Gasteiger partial charge < -0.3 is 4.98 Å². The lowest BCUT2D eigenvalue weighted by Crippen LogP contribution is -1.85. The van der Waals surface area contributed by atoms with Gasteiger partial charge in [-0.15, -0.1) is 0 Å². The number of nitrogens with zero attached hydrogens (tertiary/aromatic N) is 2. The molecule has 2 rings (SSSR count). The third kappa shape index (κ3) is 2.55. The highest BCUT2D eigenvalue weighted by Crippen LogP contribution is 2.10. The van der Waals surface area contributed by atoms with Crippen LogP contribution in [0.2, 0.25) is 0 Å². The van der Waals surface area contributed by atoms with Crippen LogP contribution in [0, 0.1) is 13.8 Å². The van der Waals surface area contributed by atoms with Crippen molar-refractivity contribution in [2.45, 2.75) is 34.1 Å². The van der Waals surface area contributed by atoms with E-state index in [1.165, 1.54) is 6.42 Å². The monoisotopic (exact) mass is 191 g/mol. The maximum atomic E-state index is 4.23. The third-order valence-electron chi connectivity index (χ3n) is 1.63. The predicted molar refractivity (Wildman–Crippen MR) is 59.3 cm³/mol. The summed E-state index contributed by atoms with van der Waals surface area (Å²) in [5, 5.41) is 1.08. The lowest BCUT2D eigenvalue weighted by molar-refractivity contribution is 1.08. The maximum Gasteiger partial charge on any atom is 0.141 e. The average molecular weight is 191 g/mol. The molecule has 0 atom stereocenters. The van der Waals surface area contributed by atoms with E-state index in [1.807, 2.05) is 26.1 Å². The van der Waals surface area contributed by atoms with Crippen LogP contribution in [0.4, 0.5) is 0 Å². The SMILES string of the molecule is CCC.Cc1ncc2cc(C)[nH]c2n1. The summed E-state index contributed by atoms with van der Waals surface area (Å²) in [7, 11) is 0. The fraction of sp³-hybridized carbons (Fsp3) is 0.455. The van der Waals surface area contributed by atoms with Crippen LogP contribution in [0.5, 0.6) is 0 Å². The highest BCUT2D eigenvalue weighted by atomic mass is 14.9. The number of H-pyrrole nitrogens is 1. The van der Waals surface area contributed by atoms with Crippen LogP contribution in [-0.4, -0.2) is 15.0 Å². The second-order valence-electron chi connectivity index (χ2n) is 3.38. The fourth-order valence-corrected chi connectivity index (χ4v) is 1.14. The summed E-state index contributed by atoms with van der Waals surface area (Å²) in [5.41, 5.74) is 2.05. The molecular weight excluding hydrogens is 174 g/mol. The Hall–Kier alpha value is -1.38. The molecule has 3 heteroatoms. The number of hydrogen-bond donors (Lipinski definition) is 1. The second kappa shape index (κ2) is 4.74. The molecule has 0 amide bonds. The molecule has 0 aliphatic rings. The Labute approximate surface area is 84.6 Å². The summed E-state index contributed by atoms with van der Waals surface area (Å²) >= 11 is 0. The number of aromatic nitrogens is 3. The zero-order chi connectivity index (χ0) is 10.6. The molecule has 3 nitrogen and oxygen atoms in total. The Morgan fingerprint density at radius 2 is 1.93 bits per heavy atom. The van der Waals surface area contributed by atoms with Gasteiger partial charge in [0.15, 0.2) is 0 Å². The van der Waals surface area contributed by atoms with Gasteiger partial charge in [-0.3, -0.25) is 0 Å². The molecule has 0 bridgehead atoms. The van der Waals surface area contributed by atoms with E-state index in [4.69, 9.17) is 0 Å². The van der Waals surface area contributed by atoms with Gasteiger partial charge >= 0.3 is 0 Å². The van der Waals surface area contributed by atoms with Crippen LogP contribution >= 0.6 is 0 Å². The lowest BCUT2D eigenvalue weighted by atomic mass is 10.4. The van der Waals surface area contributed by atoms with Crippen molar-refractivity contribution in [3.63, 3.8) is 0 Å². The molecule has 76 valence electrons. The standard InChI is InChI=1S/C8H9N3.C3H8/c1-5-3-7-4-9-6(2)11-8(7)10-5;1-3-2/h3-4H,1-2H3,(H,9,10,11);3H2,1-2H3. The average Bonchev–Trinajstić information content (AvgIpc) is 2.45. The predicted octanol–water partition coefficient (Wildman–Crippen LogP) is 2.99. The lowest BCUT2D eigenvalue weighted by Gasteiger charge is -1.89. The molecule has 0 aromatic carbocycles. The highest BCUT2D eigenvalue weighted by Gasteiger charge is 1.97. The molecule has 0 radical (unpaired) electrons. The zero-order valence-electron chi connectivity index (χ0n) is 9.26. The first-order valence-electron chi connectivity index (χ1n) is 4.96. The number of hydrogen-bond acceptors (Lipinski definition) is 2. The summed E-state index contributed by atoms with van der Waals surface area (Å²) in [5.74, 6) is 0.805. The van der Waals surface area contributed by atoms with Gasteiger partial charge in [0.25, 0.3) is 0 Å². The minimum Gasteiger partial charge on any atom is -0.343 e. The minimum atomic E-state index is 0.805. The van der Waals surface area contributed by atoms with Gasteiger partial charge in [-0.25, -0.2) is 9.97 Å². The fourth-order valence-electron chi connectivity index (χ4n) is 1.14. The molecule has 0 aliphatic carbocycles. The summed E-state index contributed by atoms with van der Waals surface area (Å²) in [6.07, 6.45) is 3.08. The number of aryl methyl sites for hydroxylation is 2. The van der Waals surface area contributed by atoms with Gasteiger partial charge in [-0.05, 0) is 19.9 Å². The molecular formula is C11H17N3. The molecule has 1 N–H and O–H groups in total. The van der Waals surface area contributed by atoms with Gasteiger partial charge in [-0.1, -0.05) is 20.3 Å². The van der Waals surface area contributed by atoms with E-state index in [2.05, 4.69) is 28.8 Å². The zero-order valence-corrected chi connectivity index (χ0v) is 9.26. The van der Waals surface area contributed by atoms with Crippen molar-refractivity contribution in [1.82, 2.24) is 15.0 Å². The molecule has 2 heterocycles. The molecule has 0 spiro atoms. The van der Waals surface area contributed by atoms with Crippen molar-refractivity contribution >= 4 is 11.0 Å². The van der Waals surface area contributed by atoms with Crippen LogP contribution in [0.1, 0.15) is 31.8 Å². The normalized spacial score (nSPS) is 9.71. The van der Waals surface area contributed by atoms with Crippen molar-refractivity contribution in [3.8, 4) is 0 Å². The van der Waals surface area contributed by atoms with Crippen LogP contribution in [0.25, 0.3) is 11.0 Å². The number of rotatable bonds is 0. The van der Waals surface area contributed by atoms with Crippen molar-refractivity contribution < 1.29 is 0 Å². The first-order valence-corrected chi connectivity index (χ1v) is 4.96. The molecule has 0 saturated carbocycles. The smallest absolute Gasteiger partial charge is 0.141 e. The topological polar surface area (TPSA) is 41.6 Å². The van der Waals surface area contributed by atoms with Crippen molar-refractivity contribution in [1.29, 1.82) is 0 Å². The van der Waals surface area contributed by atoms with E-state index in [0.717, 1.165) is 22.6 Å². The van der Waals surface area contributed by atoms with E-state index >= 15 is 0 Å². The van der Waals surface area contributed by atoms with Gasteiger partial charge in [0, 0.05) is 17.3 Å². The van der Waals surface area contributed by atoms with E-state index in [9.17, 15) is 0 Å². The highest BCUT2D eigenvalue weighted by molar-refractivity contribution is 5.75. The van der Waals surface area contributed by atoms with Gasteiger partial charge in [0.05, 0.1) is 0 Å². The summed E-state index contributed by atoms with van der Waals surface area (Å²) < 4.78 is 0. The van der Waals surface area contributed by atoms with Crippen LogP contribution in [-0.2, 0) is 0 Å². The van der Waals surface area contributed by atoms with Crippen molar-refractivity contribution in [2.75, 3.05) is 0 Å². The molecule has 0 aliphatic heterocycles. The number of nitrogens with one attached hydrogen (secondary N) is 1. The minimum absolute atomic E-state index is 0.805. The summed E-state index contributed by atoms with van der Waals surface area (Å²) in [6.45, 7) is 8.15. The number of aromatic amines is 1. The second-order valence-corrected chi connectivity index (χ2v) is 3.38. The Morgan fingerprint density at radius 3 is 2.57 bits per heavy atom. The Morgan fingerprint density at radius 1 is 1.29 bits per heavy atom. The largest absolute Gasteiger partial charge is 0.343 e. The van der Waals surface area contributed by atoms with E-state index in [-0.39, 0.29) is 0 Å². The molecule has 2 aromatic rings. The first kappa shape index (κ1) is 10.7. The van der Waals surface area contributed by atoms with Crippen LogP contribution in [0.15, 0.2) is 12.3 Å². The van der Waals surface area contributed by atoms with Gasteiger partial charge in [0.2, 0.25) is 0 Å². The van der Waals surface area contributed by atoms with E-state index < -0.39 is 0 Å². The van der Waals surface area contributed by atoms with E-state index in [0.29, 0.717) is 0 Å². The van der Waals surface area contributed by atoms with Crippen LogP contribution in [0.3, 0.4) is 0 Å².